The Labute approximate surface area is 133 Å². The molecule has 0 radical (unpaired) electrons. The maximum atomic E-state index is 12.5. The first-order valence-electron chi connectivity index (χ1n) is 6.00. The minimum Gasteiger partial charge on any atom is -0.333 e. The second-order valence-corrected chi connectivity index (χ2v) is 5.93. The van der Waals surface area contributed by atoms with Crippen LogP contribution in [0.1, 0.15) is 24.2 Å². The highest BCUT2D eigenvalue weighted by Gasteiger charge is 2.29. The third-order valence-corrected chi connectivity index (χ3v) is 4.26. The van der Waals surface area contributed by atoms with Gasteiger partial charge in [0.1, 0.15) is 0 Å². The van der Waals surface area contributed by atoms with Gasteiger partial charge in [0.2, 0.25) is 0 Å². The van der Waals surface area contributed by atoms with Gasteiger partial charge in [0.05, 0.1) is 10.6 Å². The van der Waals surface area contributed by atoms with Crippen molar-refractivity contribution >= 4 is 45.8 Å². The molecule has 106 valence electrons. The van der Waals surface area contributed by atoms with E-state index in [1.54, 1.807) is 12.1 Å². The van der Waals surface area contributed by atoms with Crippen LogP contribution in [0.4, 0.5) is 0 Å². The normalized spacial score (nSPS) is 22.8. The molecule has 2 atom stereocenters. The molecular formula is C13H17BrCl2N2O. The molecular weight excluding hydrogens is 351 g/mol. The van der Waals surface area contributed by atoms with Crippen LogP contribution in [0.2, 0.25) is 5.02 Å². The second-order valence-electron chi connectivity index (χ2n) is 4.61. The fourth-order valence-electron chi connectivity index (χ4n) is 2.16. The Hall–Kier alpha value is -0.290. The van der Waals surface area contributed by atoms with Gasteiger partial charge in [0.15, 0.2) is 0 Å². The molecule has 1 saturated heterocycles. The monoisotopic (exact) mass is 366 g/mol. The van der Waals surface area contributed by atoms with E-state index in [-0.39, 0.29) is 24.4 Å². The van der Waals surface area contributed by atoms with Gasteiger partial charge in [-0.25, -0.2) is 0 Å². The largest absolute Gasteiger partial charge is 0.333 e. The molecule has 1 aliphatic heterocycles. The summed E-state index contributed by atoms with van der Waals surface area (Å²) >= 11 is 9.48. The van der Waals surface area contributed by atoms with E-state index < -0.39 is 0 Å². The molecule has 0 saturated carbocycles. The van der Waals surface area contributed by atoms with E-state index >= 15 is 0 Å². The van der Waals surface area contributed by atoms with Crippen molar-refractivity contribution in [2.24, 2.45) is 0 Å². The number of nitrogens with zero attached hydrogens (tertiary/aromatic N) is 1. The number of rotatable bonds is 1. The quantitative estimate of drug-likeness (QED) is 0.825. The molecule has 1 aromatic rings. The molecule has 2 unspecified atom stereocenters. The average Bonchev–Trinajstić information content (AvgIpc) is 2.32. The van der Waals surface area contributed by atoms with E-state index in [2.05, 4.69) is 35.1 Å². The minimum absolute atomic E-state index is 0. The smallest absolute Gasteiger partial charge is 0.255 e. The number of hydrogen-bond acceptors (Lipinski definition) is 2. The molecule has 1 N–H and O–H groups in total. The Morgan fingerprint density at radius 2 is 2.16 bits per heavy atom. The van der Waals surface area contributed by atoms with Gasteiger partial charge < -0.3 is 10.2 Å². The van der Waals surface area contributed by atoms with Crippen LogP contribution in [0, 0.1) is 0 Å². The number of halogens is 3. The van der Waals surface area contributed by atoms with Gasteiger partial charge >= 0.3 is 0 Å². The van der Waals surface area contributed by atoms with Crippen molar-refractivity contribution in [3.8, 4) is 0 Å². The van der Waals surface area contributed by atoms with Crippen LogP contribution >= 0.6 is 39.9 Å². The highest BCUT2D eigenvalue weighted by Crippen LogP contribution is 2.24. The predicted molar refractivity (Wildman–Crippen MR) is 84.4 cm³/mol. The van der Waals surface area contributed by atoms with Gasteiger partial charge in [-0.3, -0.25) is 4.79 Å². The molecule has 6 heteroatoms. The number of benzene rings is 1. The number of amides is 1. The van der Waals surface area contributed by atoms with Crippen molar-refractivity contribution in [1.82, 2.24) is 10.2 Å². The number of hydrogen-bond donors (Lipinski definition) is 1. The van der Waals surface area contributed by atoms with E-state index in [1.165, 1.54) is 0 Å². The first-order valence-corrected chi connectivity index (χ1v) is 7.17. The molecule has 1 fully saturated rings. The Bertz CT molecular complexity index is 470. The summed E-state index contributed by atoms with van der Waals surface area (Å²) < 4.78 is 0.880. The van der Waals surface area contributed by atoms with E-state index in [0.717, 1.165) is 17.6 Å². The number of piperazine rings is 1. The SMILES string of the molecule is CC1NCCN(C(=O)c2ccc(Br)cc2Cl)C1C.Cl. The molecule has 19 heavy (non-hydrogen) atoms. The summed E-state index contributed by atoms with van der Waals surface area (Å²) in [6, 6.07) is 5.84. The summed E-state index contributed by atoms with van der Waals surface area (Å²) in [6.07, 6.45) is 0. The fourth-order valence-corrected chi connectivity index (χ4v) is 2.92. The van der Waals surface area contributed by atoms with Gasteiger partial charge in [-0.05, 0) is 32.0 Å². The fraction of sp³-hybridized carbons (Fsp3) is 0.462. The summed E-state index contributed by atoms with van der Waals surface area (Å²) in [4.78, 5) is 14.4. The van der Waals surface area contributed by atoms with Crippen LogP contribution in [0.25, 0.3) is 0 Å². The maximum absolute atomic E-state index is 12.5. The van der Waals surface area contributed by atoms with Gasteiger partial charge in [0.25, 0.3) is 5.91 Å². The van der Waals surface area contributed by atoms with Crippen molar-refractivity contribution in [1.29, 1.82) is 0 Å². The molecule has 1 amide bonds. The maximum Gasteiger partial charge on any atom is 0.255 e. The van der Waals surface area contributed by atoms with Crippen LogP contribution in [-0.2, 0) is 0 Å². The zero-order valence-corrected chi connectivity index (χ0v) is 14.0. The lowest BCUT2D eigenvalue weighted by Gasteiger charge is -2.38. The molecule has 3 nitrogen and oxygen atoms in total. The molecule has 0 bridgehead atoms. The second kappa shape index (κ2) is 6.93. The highest BCUT2D eigenvalue weighted by molar-refractivity contribution is 9.10. The molecule has 1 aromatic carbocycles. The van der Waals surface area contributed by atoms with Crippen LogP contribution in [0.3, 0.4) is 0 Å². The third-order valence-electron chi connectivity index (χ3n) is 3.46. The summed E-state index contributed by atoms with van der Waals surface area (Å²) in [5, 5.41) is 3.85. The summed E-state index contributed by atoms with van der Waals surface area (Å²) in [5.74, 6) is 0.00773. The summed E-state index contributed by atoms with van der Waals surface area (Å²) in [5.41, 5.74) is 0.570. The van der Waals surface area contributed by atoms with Crippen molar-refractivity contribution in [3.63, 3.8) is 0 Å². The lowest BCUT2D eigenvalue weighted by molar-refractivity contribution is 0.0603. The zero-order chi connectivity index (χ0) is 13.3. The van der Waals surface area contributed by atoms with Gasteiger partial charge in [-0.1, -0.05) is 27.5 Å². The predicted octanol–water partition coefficient (Wildman–Crippen LogP) is 3.35. The van der Waals surface area contributed by atoms with Crippen LogP contribution < -0.4 is 5.32 Å². The van der Waals surface area contributed by atoms with E-state index in [9.17, 15) is 4.79 Å². The van der Waals surface area contributed by atoms with Gasteiger partial charge in [-0.15, -0.1) is 12.4 Å². The molecule has 0 aromatic heterocycles. The Balaban J connectivity index is 0.00000180. The van der Waals surface area contributed by atoms with Crippen molar-refractivity contribution < 1.29 is 4.79 Å². The molecule has 1 aliphatic rings. The number of carbonyl (C=O) groups is 1. The third kappa shape index (κ3) is 3.63. The first-order chi connectivity index (χ1) is 8.50. The minimum atomic E-state index is 0. The number of carbonyl (C=O) groups excluding carboxylic acids is 1. The molecule has 0 spiro atoms. The Morgan fingerprint density at radius 3 is 2.79 bits per heavy atom. The Morgan fingerprint density at radius 1 is 1.47 bits per heavy atom. The topological polar surface area (TPSA) is 32.3 Å². The van der Waals surface area contributed by atoms with Crippen LogP contribution in [-0.4, -0.2) is 36.0 Å². The summed E-state index contributed by atoms with van der Waals surface area (Å²) in [7, 11) is 0. The van der Waals surface area contributed by atoms with Crippen molar-refractivity contribution in [3.05, 3.63) is 33.3 Å². The lowest BCUT2D eigenvalue weighted by Crippen LogP contribution is -2.57. The highest BCUT2D eigenvalue weighted by atomic mass is 79.9. The standard InChI is InChI=1S/C13H16BrClN2O.ClH/c1-8-9(2)17(6-5-16-8)13(18)11-4-3-10(14)7-12(11)15;/h3-4,7-9,16H,5-6H2,1-2H3;1H. The zero-order valence-electron chi connectivity index (χ0n) is 10.8. The average molecular weight is 368 g/mol. The molecule has 0 aliphatic carbocycles. The Kier molecular flexibility index (Phi) is 6.12. The van der Waals surface area contributed by atoms with Crippen LogP contribution in [0.15, 0.2) is 22.7 Å². The van der Waals surface area contributed by atoms with Crippen LogP contribution in [0.5, 0.6) is 0 Å². The molecule has 1 heterocycles. The van der Waals surface area contributed by atoms with E-state index in [4.69, 9.17) is 11.6 Å². The van der Waals surface area contributed by atoms with E-state index in [0.29, 0.717) is 16.6 Å². The van der Waals surface area contributed by atoms with Gasteiger partial charge in [-0.2, -0.15) is 0 Å². The molecule has 2 rings (SSSR count). The first kappa shape index (κ1) is 16.8. The van der Waals surface area contributed by atoms with Crippen molar-refractivity contribution in [2.45, 2.75) is 25.9 Å². The summed E-state index contributed by atoms with van der Waals surface area (Å²) in [6.45, 7) is 5.69. The van der Waals surface area contributed by atoms with E-state index in [1.807, 2.05) is 11.0 Å². The van der Waals surface area contributed by atoms with Crippen molar-refractivity contribution in [2.75, 3.05) is 13.1 Å². The van der Waals surface area contributed by atoms with Gasteiger partial charge in [0, 0.05) is 29.6 Å². The lowest BCUT2D eigenvalue weighted by atomic mass is 10.1. The number of nitrogens with one attached hydrogen (secondary N) is 1.